The molecular weight excluding hydrogens is 242 g/mol. The van der Waals surface area contributed by atoms with Gasteiger partial charge in [-0.1, -0.05) is 29.5 Å². The van der Waals surface area contributed by atoms with Gasteiger partial charge in [-0.25, -0.2) is 4.98 Å². The summed E-state index contributed by atoms with van der Waals surface area (Å²) < 4.78 is 0. The number of hydrogen-bond donors (Lipinski definition) is 2. The van der Waals surface area contributed by atoms with Crippen LogP contribution in [0.3, 0.4) is 0 Å². The van der Waals surface area contributed by atoms with Crippen LogP contribution < -0.4 is 5.73 Å². The molecule has 0 fully saturated rings. The lowest BCUT2D eigenvalue weighted by Crippen LogP contribution is -1.82. The average molecular weight is 255 g/mol. The third kappa shape index (κ3) is 2.19. The summed E-state index contributed by atoms with van der Waals surface area (Å²) in [4.78, 5) is 8.97. The number of nitrogens with zero attached hydrogens (tertiary/aromatic N) is 1. The molecule has 1 aromatic heterocycles. The number of benzene rings is 2. The number of nitrogen functional groups attached to an aromatic ring is 1. The maximum Gasteiger partial charge on any atom is 0.171 e. The van der Waals surface area contributed by atoms with Crippen molar-refractivity contribution < 1.29 is 0 Å². The van der Waals surface area contributed by atoms with E-state index in [1.807, 2.05) is 18.2 Å². The van der Waals surface area contributed by atoms with Gasteiger partial charge in [-0.2, -0.15) is 0 Å². The highest BCUT2D eigenvalue weighted by Gasteiger charge is 2.04. The highest BCUT2D eigenvalue weighted by molar-refractivity contribution is 7.99. The second kappa shape index (κ2) is 4.38. The predicted molar refractivity (Wildman–Crippen MR) is 75.8 cm³/mol. The zero-order chi connectivity index (χ0) is 12.5. The summed E-state index contributed by atoms with van der Waals surface area (Å²) in [5.41, 5.74) is 9.68. The first-order valence-corrected chi connectivity index (χ1v) is 6.52. The quantitative estimate of drug-likeness (QED) is 0.688. The first kappa shape index (κ1) is 11.2. The van der Waals surface area contributed by atoms with E-state index >= 15 is 0 Å². The van der Waals surface area contributed by atoms with Gasteiger partial charge in [0.1, 0.15) is 0 Å². The number of aromatic nitrogens is 2. The molecule has 3 aromatic rings. The Morgan fingerprint density at radius 1 is 1.11 bits per heavy atom. The van der Waals surface area contributed by atoms with Gasteiger partial charge >= 0.3 is 0 Å². The molecule has 0 atom stereocenters. The van der Waals surface area contributed by atoms with Crippen molar-refractivity contribution in [2.75, 3.05) is 5.73 Å². The van der Waals surface area contributed by atoms with Crippen molar-refractivity contribution >= 4 is 28.5 Å². The van der Waals surface area contributed by atoms with E-state index < -0.39 is 0 Å². The number of imidazole rings is 1. The van der Waals surface area contributed by atoms with E-state index in [2.05, 4.69) is 41.2 Å². The minimum absolute atomic E-state index is 0.748. The number of aryl methyl sites for hydroxylation is 1. The topological polar surface area (TPSA) is 54.7 Å². The average Bonchev–Trinajstić information content (AvgIpc) is 2.73. The van der Waals surface area contributed by atoms with Crippen LogP contribution in [0.2, 0.25) is 0 Å². The summed E-state index contributed by atoms with van der Waals surface area (Å²) in [7, 11) is 0. The maximum absolute atomic E-state index is 5.75. The zero-order valence-corrected chi connectivity index (χ0v) is 10.8. The predicted octanol–water partition coefficient (Wildman–Crippen LogP) is 3.60. The van der Waals surface area contributed by atoms with Gasteiger partial charge in [-0.15, -0.1) is 0 Å². The summed E-state index contributed by atoms with van der Waals surface area (Å²) in [6.45, 7) is 2.08. The van der Waals surface area contributed by atoms with Crippen molar-refractivity contribution in [2.24, 2.45) is 0 Å². The van der Waals surface area contributed by atoms with Crippen LogP contribution in [-0.2, 0) is 0 Å². The standard InChI is InChI=1S/C14H13N3S/c1-9-2-5-11(6-3-9)18-14-16-12-7-4-10(15)8-13(12)17-14/h2-8H,15H2,1H3,(H,16,17). The van der Waals surface area contributed by atoms with Gasteiger partial charge in [-0.3, -0.25) is 0 Å². The van der Waals surface area contributed by atoms with Crippen LogP contribution in [0.25, 0.3) is 11.0 Å². The van der Waals surface area contributed by atoms with Gasteiger partial charge in [0, 0.05) is 10.6 Å². The van der Waals surface area contributed by atoms with E-state index in [9.17, 15) is 0 Å². The number of fused-ring (bicyclic) bond motifs is 1. The van der Waals surface area contributed by atoms with Crippen LogP contribution in [-0.4, -0.2) is 9.97 Å². The Hall–Kier alpha value is -1.94. The molecule has 0 saturated carbocycles. The summed E-state index contributed by atoms with van der Waals surface area (Å²) in [5.74, 6) is 0. The Morgan fingerprint density at radius 3 is 2.67 bits per heavy atom. The largest absolute Gasteiger partial charge is 0.399 e. The molecule has 0 unspecified atom stereocenters. The normalized spacial score (nSPS) is 10.9. The molecule has 0 aliphatic rings. The zero-order valence-electron chi connectivity index (χ0n) is 9.97. The highest BCUT2D eigenvalue weighted by Crippen LogP contribution is 2.27. The molecular formula is C14H13N3S. The summed E-state index contributed by atoms with van der Waals surface area (Å²) in [6, 6.07) is 14.1. The number of nitrogens with two attached hydrogens (primary N) is 1. The molecule has 18 heavy (non-hydrogen) atoms. The van der Waals surface area contributed by atoms with Crippen LogP contribution in [0.1, 0.15) is 5.56 Å². The van der Waals surface area contributed by atoms with E-state index in [1.54, 1.807) is 11.8 Å². The van der Waals surface area contributed by atoms with Crippen LogP contribution in [0, 0.1) is 6.92 Å². The molecule has 0 radical (unpaired) electrons. The van der Waals surface area contributed by atoms with Crippen molar-refractivity contribution in [3.05, 3.63) is 48.0 Å². The monoisotopic (exact) mass is 255 g/mol. The van der Waals surface area contributed by atoms with E-state index in [0.29, 0.717) is 0 Å². The number of hydrogen-bond acceptors (Lipinski definition) is 3. The van der Waals surface area contributed by atoms with Gasteiger partial charge in [0.25, 0.3) is 0 Å². The van der Waals surface area contributed by atoms with Crippen molar-refractivity contribution in [3.8, 4) is 0 Å². The van der Waals surface area contributed by atoms with E-state index in [4.69, 9.17) is 5.73 Å². The van der Waals surface area contributed by atoms with E-state index in [0.717, 1.165) is 21.9 Å². The van der Waals surface area contributed by atoms with Crippen molar-refractivity contribution in [1.29, 1.82) is 0 Å². The fourth-order valence-corrected chi connectivity index (χ4v) is 2.57. The Balaban J connectivity index is 1.92. The Labute approximate surface area is 109 Å². The lowest BCUT2D eigenvalue weighted by molar-refractivity contribution is 1.08. The molecule has 0 saturated heterocycles. The highest BCUT2D eigenvalue weighted by atomic mass is 32.2. The third-order valence-electron chi connectivity index (χ3n) is 2.72. The lowest BCUT2D eigenvalue weighted by atomic mass is 10.2. The van der Waals surface area contributed by atoms with Gasteiger partial charge in [-0.05, 0) is 37.3 Å². The van der Waals surface area contributed by atoms with Crippen LogP contribution >= 0.6 is 11.8 Å². The van der Waals surface area contributed by atoms with Crippen molar-refractivity contribution in [1.82, 2.24) is 9.97 Å². The molecule has 3 rings (SSSR count). The molecule has 0 aliphatic carbocycles. The Morgan fingerprint density at radius 2 is 1.89 bits per heavy atom. The molecule has 0 aliphatic heterocycles. The molecule has 0 spiro atoms. The molecule has 0 amide bonds. The summed E-state index contributed by atoms with van der Waals surface area (Å²) in [6.07, 6.45) is 0. The van der Waals surface area contributed by atoms with Gasteiger partial charge < -0.3 is 10.7 Å². The molecule has 3 nitrogen and oxygen atoms in total. The van der Waals surface area contributed by atoms with Gasteiger partial charge in [0.2, 0.25) is 0 Å². The smallest absolute Gasteiger partial charge is 0.171 e. The van der Waals surface area contributed by atoms with Crippen molar-refractivity contribution in [3.63, 3.8) is 0 Å². The second-order valence-corrected chi connectivity index (χ2v) is 5.30. The molecule has 2 aromatic carbocycles. The molecule has 0 bridgehead atoms. The molecule has 4 heteroatoms. The second-order valence-electron chi connectivity index (χ2n) is 4.23. The molecule has 90 valence electrons. The van der Waals surface area contributed by atoms with Crippen LogP contribution in [0.5, 0.6) is 0 Å². The van der Waals surface area contributed by atoms with Gasteiger partial charge in [0.05, 0.1) is 11.0 Å². The third-order valence-corrected chi connectivity index (χ3v) is 3.61. The van der Waals surface area contributed by atoms with E-state index in [-0.39, 0.29) is 0 Å². The SMILES string of the molecule is Cc1ccc(Sc2nc3ccc(N)cc3[nH]2)cc1. The number of nitrogens with one attached hydrogen (secondary N) is 1. The minimum Gasteiger partial charge on any atom is -0.399 e. The van der Waals surface area contributed by atoms with Crippen molar-refractivity contribution in [2.45, 2.75) is 17.0 Å². The Kier molecular flexibility index (Phi) is 2.72. The number of anilines is 1. The van der Waals surface area contributed by atoms with Crippen LogP contribution in [0.15, 0.2) is 52.5 Å². The van der Waals surface area contributed by atoms with Crippen LogP contribution in [0.4, 0.5) is 5.69 Å². The first-order valence-electron chi connectivity index (χ1n) is 5.70. The fraction of sp³-hybridized carbons (Fsp3) is 0.0714. The first-order chi connectivity index (χ1) is 8.70. The maximum atomic E-state index is 5.75. The number of H-pyrrole nitrogens is 1. The number of rotatable bonds is 2. The minimum atomic E-state index is 0.748. The fourth-order valence-electron chi connectivity index (χ4n) is 1.77. The number of aromatic amines is 1. The molecule has 1 heterocycles. The van der Waals surface area contributed by atoms with Gasteiger partial charge in [0.15, 0.2) is 5.16 Å². The Bertz CT molecular complexity index is 686. The summed E-state index contributed by atoms with van der Waals surface area (Å²) >= 11 is 1.62. The summed E-state index contributed by atoms with van der Waals surface area (Å²) in [5, 5.41) is 0.888. The lowest BCUT2D eigenvalue weighted by Gasteiger charge is -1.97. The van der Waals surface area contributed by atoms with E-state index in [1.165, 1.54) is 10.5 Å². The molecule has 3 N–H and O–H groups in total.